The number of ketones is 1. The van der Waals surface area contributed by atoms with Crippen LogP contribution in [-0.2, 0) is 12.7 Å². The van der Waals surface area contributed by atoms with Crippen LogP contribution in [0.4, 0.5) is 32.0 Å². The molecule has 0 radical (unpaired) electrons. The van der Waals surface area contributed by atoms with E-state index in [2.05, 4.69) is 15.3 Å². The van der Waals surface area contributed by atoms with Crippen LogP contribution in [-0.4, -0.2) is 21.9 Å². The number of anilines is 1. The highest BCUT2D eigenvalue weighted by molar-refractivity contribution is 6.30. The fourth-order valence-corrected chi connectivity index (χ4v) is 3.63. The zero-order valence-electron chi connectivity index (χ0n) is 16.4. The summed E-state index contributed by atoms with van der Waals surface area (Å²) >= 11 is 5.80. The summed E-state index contributed by atoms with van der Waals surface area (Å²) in [5.41, 5.74) is -2.57. The van der Waals surface area contributed by atoms with Crippen LogP contribution in [0.2, 0.25) is 5.02 Å². The van der Waals surface area contributed by atoms with Gasteiger partial charge in [-0.2, -0.15) is 26.3 Å². The third-order valence-corrected chi connectivity index (χ3v) is 5.17. The Bertz CT molecular complexity index is 1370. The van der Waals surface area contributed by atoms with Crippen molar-refractivity contribution in [2.45, 2.75) is 18.9 Å². The second-order valence-corrected chi connectivity index (χ2v) is 7.50. The van der Waals surface area contributed by atoms with E-state index < -0.39 is 34.6 Å². The zero-order valence-corrected chi connectivity index (χ0v) is 17.1. The Morgan fingerprint density at radius 2 is 1.64 bits per heavy atom. The van der Waals surface area contributed by atoms with Gasteiger partial charge in [0.25, 0.3) is 5.78 Å². The summed E-state index contributed by atoms with van der Waals surface area (Å²) in [6, 6.07) is 9.39. The number of Topliss-reactive ketones (excluding diaryl/α,β-unsaturated/α-hetero) is 1. The molecule has 0 unspecified atom stereocenters. The first-order valence-electron chi connectivity index (χ1n) is 9.34. The standard InChI is InChI=1S/C22H12ClF6N3O/c23-12-3-5-13(6-4-12)31-9-11-10-32-18-14-2-1-7-30-19(14)16(20(33)22(27,28)29)8-15(18)17(11)21(24,25)26/h1-8,10,31H,9H2. The van der Waals surface area contributed by atoms with Crippen molar-refractivity contribution >= 4 is 44.9 Å². The van der Waals surface area contributed by atoms with Crippen molar-refractivity contribution in [2.24, 2.45) is 0 Å². The molecule has 0 amide bonds. The molecule has 2 aromatic heterocycles. The number of nitrogens with one attached hydrogen (secondary N) is 1. The summed E-state index contributed by atoms with van der Waals surface area (Å²) < 4.78 is 81.9. The van der Waals surface area contributed by atoms with E-state index in [1.165, 1.54) is 12.1 Å². The first-order valence-corrected chi connectivity index (χ1v) is 9.72. The van der Waals surface area contributed by atoms with Gasteiger partial charge in [0.05, 0.1) is 22.2 Å². The zero-order chi connectivity index (χ0) is 24.0. The van der Waals surface area contributed by atoms with E-state index in [1.807, 2.05) is 0 Å². The molecule has 0 bridgehead atoms. The summed E-state index contributed by atoms with van der Waals surface area (Å²) in [4.78, 5) is 19.9. The van der Waals surface area contributed by atoms with Crippen LogP contribution in [0.15, 0.2) is 54.9 Å². The number of aromatic nitrogens is 2. The van der Waals surface area contributed by atoms with Crippen molar-refractivity contribution in [1.29, 1.82) is 0 Å². The first kappa shape index (κ1) is 22.8. The van der Waals surface area contributed by atoms with Crippen LogP contribution < -0.4 is 5.32 Å². The number of halogens is 7. The average molecular weight is 484 g/mol. The van der Waals surface area contributed by atoms with Gasteiger partial charge in [0.1, 0.15) is 0 Å². The fourth-order valence-electron chi connectivity index (χ4n) is 3.51. The van der Waals surface area contributed by atoms with Gasteiger partial charge in [0.2, 0.25) is 0 Å². The molecule has 0 saturated heterocycles. The second kappa shape index (κ2) is 8.18. The monoisotopic (exact) mass is 483 g/mol. The lowest BCUT2D eigenvalue weighted by molar-refractivity contribution is -0.136. The van der Waals surface area contributed by atoms with E-state index in [0.29, 0.717) is 16.8 Å². The largest absolute Gasteiger partial charge is 0.454 e. The minimum atomic E-state index is -5.29. The van der Waals surface area contributed by atoms with Gasteiger partial charge >= 0.3 is 12.4 Å². The summed E-state index contributed by atoms with van der Waals surface area (Å²) in [6.07, 6.45) is -8.08. The van der Waals surface area contributed by atoms with Gasteiger partial charge in [-0.3, -0.25) is 14.8 Å². The quantitative estimate of drug-likeness (QED) is 0.197. The van der Waals surface area contributed by atoms with Crippen LogP contribution in [0.25, 0.3) is 21.8 Å². The molecule has 2 heterocycles. The third kappa shape index (κ3) is 4.43. The van der Waals surface area contributed by atoms with E-state index in [4.69, 9.17) is 11.6 Å². The van der Waals surface area contributed by atoms with Gasteiger partial charge in [-0.05, 0) is 42.5 Å². The van der Waals surface area contributed by atoms with E-state index in [1.54, 1.807) is 24.3 Å². The molecule has 0 aliphatic carbocycles. The molecule has 33 heavy (non-hydrogen) atoms. The Morgan fingerprint density at radius 3 is 2.27 bits per heavy atom. The van der Waals surface area contributed by atoms with Crippen LogP contribution in [0.1, 0.15) is 21.5 Å². The molecule has 0 aliphatic rings. The van der Waals surface area contributed by atoms with Crippen molar-refractivity contribution in [1.82, 2.24) is 9.97 Å². The molecule has 2 aromatic carbocycles. The highest BCUT2D eigenvalue weighted by atomic mass is 35.5. The molecule has 0 saturated carbocycles. The van der Waals surface area contributed by atoms with Gasteiger partial charge in [-0.15, -0.1) is 0 Å². The molecule has 4 nitrogen and oxygen atoms in total. The molecular weight excluding hydrogens is 472 g/mol. The minimum Gasteiger partial charge on any atom is -0.381 e. The molecule has 4 aromatic rings. The fraction of sp³-hybridized carbons (Fsp3) is 0.136. The van der Waals surface area contributed by atoms with Gasteiger partial charge in [-0.1, -0.05) is 11.6 Å². The Hall–Kier alpha value is -3.40. The second-order valence-electron chi connectivity index (χ2n) is 7.06. The molecule has 0 spiro atoms. The van der Waals surface area contributed by atoms with Crippen molar-refractivity contribution in [3.05, 3.63) is 76.6 Å². The SMILES string of the molecule is O=C(c1cc2c(C(F)(F)F)c(CNc3ccc(Cl)cc3)cnc2c2cccnc12)C(F)(F)F. The van der Waals surface area contributed by atoms with Crippen LogP contribution in [0, 0.1) is 0 Å². The number of carbonyl (C=O) groups excluding carboxylic acids is 1. The molecule has 11 heteroatoms. The van der Waals surface area contributed by atoms with Crippen molar-refractivity contribution in [3.8, 4) is 0 Å². The van der Waals surface area contributed by atoms with Crippen LogP contribution in [0.3, 0.4) is 0 Å². The predicted molar refractivity (Wildman–Crippen MR) is 111 cm³/mol. The first-order chi connectivity index (χ1) is 15.5. The number of hydrogen-bond donors (Lipinski definition) is 1. The molecule has 1 N–H and O–H groups in total. The Morgan fingerprint density at radius 1 is 0.939 bits per heavy atom. The average Bonchev–Trinajstić information content (AvgIpc) is 2.75. The Labute approximate surface area is 187 Å². The number of fused-ring (bicyclic) bond motifs is 3. The van der Waals surface area contributed by atoms with Gasteiger partial charge in [0, 0.05) is 46.0 Å². The number of hydrogen-bond acceptors (Lipinski definition) is 4. The minimum absolute atomic E-state index is 0.0923. The molecule has 4 rings (SSSR count). The highest BCUT2D eigenvalue weighted by Gasteiger charge is 2.42. The predicted octanol–water partition coefficient (Wildman–Crippen LogP) is 6.81. The summed E-state index contributed by atoms with van der Waals surface area (Å²) in [5, 5.41) is 2.53. The highest BCUT2D eigenvalue weighted by Crippen LogP contribution is 2.40. The maximum atomic E-state index is 14.1. The molecule has 0 aliphatic heterocycles. The van der Waals surface area contributed by atoms with E-state index in [9.17, 15) is 31.1 Å². The van der Waals surface area contributed by atoms with Gasteiger partial charge in [0.15, 0.2) is 0 Å². The van der Waals surface area contributed by atoms with Crippen molar-refractivity contribution < 1.29 is 31.1 Å². The molecule has 170 valence electrons. The van der Waals surface area contributed by atoms with Crippen LogP contribution >= 0.6 is 11.6 Å². The summed E-state index contributed by atoms with van der Waals surface area (Å²) in [5.74, 6) is -2.29. The Balaban J connectivity index is 1.95. The lowest BCUT2D eigenvalue weighted by atomic mass is 9.96. The summed E-state index contributed by atoms with van der Waals surface area (Å²) in [6.45, 7) is -0.326. The molecular formula is C22H12ClF6N3O. The maximum absolute atomic E-state index is 14.1. The third-order valence-electron chi connectivity index (χ3n) is 4.91. The maximum Gasteiger partial charge on any atom is 0.454 e. The summed E-state index contributed by atoms with van der Waals surface area (Å²) in [7, 11) is 0. The number of benzene rings is 2. The number of nitrogens with zero attached hydrogens (tertiary/aromatic N) is 2. The number of pyridine rings is 2. The number of alkyl halides is 6. The van der Waals surface area contributed by atoms with Crippen molar-refractivity contribution in [2.75, 3.05) is 5.32 Å². The lowest BCUT2D eigenvalue weighted by Crippen LogP contribution is -2.23. The smallest absolute Gasteiger partial charge is 0.381 e. The van der Waals surface area contributed by atoms with Gasteiger partial charge in [-0.25, -0.2) is 0 Å². The van der Waals surface area contributed by atoms with E-state index in [0.717, 1.165) is 12.4 Å². The topological polar surface area (TPSA) is 54.9 Å². The van der Waals surface area contributed by atoms with E-state index in [-0.39, 0.29) is 28.5 Å². The Kier molecular flexibility index (Phi) is 5.65. The number of carbonyl (C=O) groups is 1. The molecule has 0 fully saturated rings. The lowest BCUT2D eigenvalue weighted by Gasteiger charge is -2.18. The molecule has 0 atom stereocenters. The normalized spacial score (nSPS) is 12.3. The number of rotatable bonds is 4. The van der Waals surface area contributed by atoms with Crippen LogP contribution in [0.5, 0.6) is 0 Å². The van der Waals surface area contributed by atoms with Crippen molar-refractivity contribution in [3.63, 3.8) is 0 Å². The van der Waals surface area contributed by atoms with E-state index >= 15 is 0 Å². The van der Waals surface area contributed by atoms with Gasteiger partial charge < -0.3 is 5.32 Å².